The number of hydrogen-bond acceptors (Lipinski definition) is 3. The first-order chi connectivity index (χ1) is 10.0. The van der Waals surface area contributed by atoms with E-state index in [0.717, 1.165) is 31.4 Å². The SMILES string of the molecule is CCCCC(NC(=O)C1CCc2cnn(C)c2C1)C(=O)O. The zero-order valence-electron chi connectivity index (χ0n) is 12.6. The molecule has 0 saturated heterocycles. The molecule has 0 fully saturated rings. The summed E-state index contributed by atoms with van der Waals surface area (Å²) in [5, 5.41) is 16.1. The maximum atomic E-state index is 12.3. The standard InChI is InChI=1S/C15H23N3O3/c1-3-4-5-12(15(20)21)17-14(19)10-6-7-11-9-16-18(2)13(11)8-10/h9-10,12H,3-8H2,1-2H3,(H,17,19)(H,20,21). The van der Waals surface area contributed by atoms with E-state index in [2.05, 4.69) is 10.4 Å². The normalized spacial score (nSPS) is 18.9. The molecule has 1 aromatic heterocycles. The number of aryl methyl sites for hydroxylation is 2. The molecule has 0 radical (unpaired) electrons. The molecule has 0 saturated carbocycles. The predicted molar refractivity (Wildman–Crippen MR) is 77.8 cm³/mol. The van der Waals surface area contributed by atoms with Crippen LogP contribution in [0.1, 0.15) is 43.9 Å². The van der Waals surface area contributed by atoms with E-state index in [1.54, 1.807) is 4.68 Å². The molecular weight excluding hydrogens is 270 g/mol. The fourth-order valence-electron chi connectivity index (χ4n) is 2.82. The highest BCUT2D eigenvalue weighted by Gasteiger charge is 2.29. The number of carboxylic acid groups (broad SMARTS) is 1. The van der Waals surface area contributed by atoms with E-state index in [-0.39, 0.29) is 11.8 Å². The van der Waals surface area contributed by atoms with Crippen molar-refractivity contribution in [3.8, 4) is 0 Å². The van der Waals surface area contributed by atoms with Gasteiger partial charge in [0.15, 0.2) is 0 Å². The maximum Gasteiger partial charge on any atom is 0.326 e. The third-order valence-electron chi connectivity index (χ3n) is 4.18. The molecule has 21 heavy (non-hydrogen) atoms. The van der Waals surface area contributed by atoms with Crippen LogP contribution in [0.4, 0.5) is 0 Å². The Labute approximate surface area is 124 Å². The van der Waals surface area contributed by atoms with E-state index in [1.165, 1.54) is 5.56 Å². The number of nitrogens with zero attached hydrogens (tertiary/aromatic N) is 2. The van der Waals surface area contributed by atoms with Gasteiger partial charge in [0.25, 0.3) is 0 Å². The van der Waals surface area contributed by atoms with Crippen LogP contribution in [-0.2, 0) is 29.5 Å². The number of carbonyl (C=O) groups is 2. The minimum atomic E-state index is -0.950. The Bertz CT molecular complexity index is 524. The number of aliphatic carboxylic acids is 1. The minimum Gasteiger partial charge on any atom is -0.480 e. The lowest BCUT2D eigenvalue weighted by molar-refractivity contribution is -0.142. The Kier molecular flexibility index (Phi) is 4.98. The molecule has 2 N–H and O–H groups in total. The Morgan fingerprint density at radius 1 is 1.57 bits per heavy atom. The van der Waals surface area contributed by atoms with Gasteiger partial charge in [0.05, 0.1) is 6.20 Å². The summed E-state index contributed by atoms with van der Waals surface area (Å²) in [6, 6.07) is -0.773. The van der Waals surface area contributed by atoms with E-state index >= 15 is 0 Å². The van der Waals surface area contributed by atoms with Gasteiger partial charge >= 0.3 is 5.97 Å². The molecule has 2 rings (SSSR count). The van der Waals surface area contributed by atoms with Gasteiger partial charge in [-0.2, -0.15) is 5.10 Å². The topological polar surface area (TPSA) is 84.2 Å². The molecule has 1 aliphatic carbocycles. The number of aromatic nitrogens is 2. The van der Waals surface area contributed by atoms with Gasteiger partial charge < -0.3 is 10.4 Å². The molecule has 2 unspecified atom stereocenters. The summed E-state index contributed by atoms with van der Waals surface area (Å²) in [6.45, 7) is 2.01. The monoisotopic (exact) mass is 293 g/mol. The number of carbonyl (C=O) groups excluding carboxylic acids is 1. The molecule has 0 aliphatic heterocycles. The first-order valence-corrected chi connectivity index (χ1v) is 7.55. The molecule has 1 amide bonds. The van der Waals surface area contributed by atoms with E-state index < -0.39 is 12.0 Å². The minimum absolute atomic E-state index is 0.148. The number of unbranched alkanes of at least 4 members (excludes halogenated alkanes) is 1. The average Bonchev–Trinajstić information content (AvgIpc) is 2.84. The largest absolute Gasteiger partial charge is 0.480 e. The molecular formula is C15H23N3O3. The molecule has 116 valence electrons. The van der Waals surface area contributed by atoms with Crippen molar-refractivity contribution in [2.45, 2.75) is 51.5 Å². The summed E-state index contributed by atoms with van der Waals surface area (Å²) >= 11 is 0. The number of amides is 1. The third kappa shape index (κ3) is 3.62. The van der Waals surface area contributed by atoms with Crippen molar-refractivity contribution in [1.82, 2.24) is 15.1 Å². The summed E-state index contributed by atoms with van der Waals surface area (Å²) in [5.41, 5.74) is 2.28. The molecule has 1 heterocycles. The van der Waals surface area contributed by atoms with Crippen LogP contribution in [0.25, 0.3) is 0 Å². The third-order valence-corrected chi connectivity index (χ3v) is 4.18. The van der Waals surface area contributed by atoms with Gasteiger partial charge in [0, 0.05) is 25.1 Å². The van der Waals surface area contributed by atoms with Crippen LogP contribution >= 0.6 is 0 Å². The number of hydrogen-bond donors (Lipinski definition) is 2. The van der Waals surface area contributed by atoms with Gasteiger partial charge in [0.2, 0.25) is 5.91 Å². The lowest BCUT2D eigenvalue weighted by atomic mass is 9.87. The van der Waals surface area contributed by atoms with E-state index in [4.69, 9.17) is 0 Å². The van der Waals surface area contributed by atoms with Gasteiger partial charge in [-0.3, -0.25) is 9.48 Å². The van der Waals surface area contributed by atoms with Crippen molar-refractivity contribution in [3.63, 3.8) is 0 Å². The quantitative estimate of drug-likeness (QED) is 0.827. The molecule has 6 heteroatoms. The molecule has 0 aromatic carbocycles. The summed E-state index contributed by atoms with van der Waals surface area (Å²) in [5.74, 6) is -1.25. The van der Waals surface area contributed by atoms with Crippen LogP contribution in [0.5, 0.6) is 0 Å². The van der Waals surface area contributed by atoms with Gasteiger partial charge in [0.1, 0.15) is 6.04 Å². The average molecular weight is 293 g/mol. The van der Waals surface area contributed by atoms with Crippen LogP contribution in [0, 0.1) is 5.92 Å². The lowest BCUT2D eigenvalue weighted by Crippen LogP contribution is -2.44. The smallest absolute Gasteiger partial charge is 0.326 e. The fraction of sp³-hybridized carbons (Fsp3) is 0.667. The van der Waals surface area contributed by atoms with E-state index in [1.807, 2.05) is 20.2 Å². The number of rotatable bonds is 6. The summed E-state index contributed by atoms with van der Waals surface area (Å²) < 4.78 is 1.81. The second-order valence-electron chi connectivity index (χ2n) is 5.72. The van der Waals surface area contributed by atoms with Gasteiger partial charge in [-0.05, 0) is 24.8 Å². The van der Waals surface area contributed by atoms with Gasteiger partial charge in [-0.25, -0.2) is 4.79 Å². The molecule has 1 aliphatic rings. The molecule has 0 spiro atoms. The van der Waals surface area contributed by atoms with Crippen molar-refractivity contribution < 1.29 is 14.7 Å². The van der Waals surface area contributed by atoms with Crippen molar-refractivity contribution in [1.29, 1.82) is 0 Å². The Hall–Kier alpha value is -1.85. The van der Waals surface area contributed by atoms with Crippen molar-refractivity contribution in [3.05, 3.63) is 17.5 Å². The maximum absolute atomic E-state index is 12.3. The number of fused-ring (bicyclic) bond motifs is 1. The Morgan fingerprint density at radius 3 is 3.00 bits per heavy atom. The Morgan fingerprint density at radius 2 is 2.33 bits per heavy atom. The summed E-state index contributed by atoms with van der Waals surface area (Å²) in [7, 11) is 1.88. The number of nitrogens with one attached hydrogen (secondary N) is 1. The highest BCUT2D eigenvalue weighted by molar-refractivity contribution is 5.85. The highest BCUT2D eigenvalue weighted by atomic mass is 16.4. The molecule has 2 atom stereocenters. The number of carboxylic acids is 1. The fourth-order valence-corrected chi connectivity index (χ4v) is 2.82. The van der Waals surface area contributed by atoms with Crippen LogP contribution in [-0.4, -0.2) is 32.8 Å². The first-order valence-electron chi connectivity index (χ1n) is 7.55. The molecule has 6 nitrogen and oxygen atoms in total. The van der Waals surface area contributed by atoms with Gasteiger partial charge in [-0.15, -0.1) is 0 Å². The lowest BCUT2D eigenvalue weighted by Gasteiger charge is -2.24. The second kappa shape index (κ2) is 6.74. The van der Waals surface area contributed by atoms with Crippen LogP contribution < -0.4 is 5.32 Å². The predicted octanol–water partition coefficient (Wildman–Crippen LogP) is 1.28. The zero-order chi connectivity index (χ0) is 15.4. The van der Waals surface area contributed by atoms with Crippen molar-refractivity contribution >= 4 is 11.9 Å². The van der Waals surface area contributed by atoms with Crippen LogP contribution in [0.2, 0.25) is 0 Å². The van der Waals surface area contributed by atoms with Crippen molar-refractivity contribution in [2.75, 3.05) is 0 Å². The first kappa shape index (κ1) is 15.5. The van der Waals surface area contributed by atoms with Crippen LogP contribution in [0.15, 0.2) is 6.20 Å². The van der Waals surface area contributed by atoms with E-state index in [9.17, 15) is 14.7 Å². The molecule has 0 bridgehead atoms. The molecule has 1 aromatic rings. The highest BCUT2D eigenvalue weighted by Crippen LogP contribution is 2.25. The Balaban J connectivity index is 1.97. The van der Waals surface area contributed by atoms with Crippen LogP contribution in [0.3, 0.4) is 0 Å². The summed E-state index contributed by atoms with van der Waals surface area (Å²) in [4.78, 5) is 23.5. The van der Waals surface area contributed by atoms with Gasteiger partial charge in [-0.1, -0.05) is 19.8 Å². The summed E-state index contributed by atoms with van der Waals surface area (Å²) in [6.07, 6.45) is 6.28. The zero-order valence-corrected chi connectivity index (χ0v) is 12.6. The second-order valence-corrected chi connectivity index (χ2v) is 5.72. The van der Waals surface area contributed by atoms with Crippen molar-refractivity contribution in [2.24, 2.45) is 13.0 Å². The van der Waals surface area contributed by atoms with E-state index in [0.29, 0.717) is 12.8 Å².